The molecule has 1 amide bonds. The van der Waals surface area contributed by atoms with Crippen molar-refractivity contribution >= 4 is 17.6 Å². The van der Waals surface area contributed by atoms with E-state index in [1.54, 1.807) is 12.1 Å². The highest BCUT2D eigenvalue weighted by molar-refractivity contribution is 5.80. The van der Waals surface area contributed by atoms with Crippen LogP contribution in [0, 0.1) is 10.1 Å². The Morgan fingerprint density at radius 3 is 2.45 bits per heavy atom. The SMILES string of the molecule is O=C1CCCN1CCCNC(=NCc1ccc([N+](=O)[O-])cc1)NCCc1ccccc1. The van der Waals surface area contributed by atoms with E-state index in [0.29, 0.717) is 25.5 Å². The summed E-state index contributed by atoms with van der Waals surface area (Å²) in [6.45, 7) is 3.48. The standard InChI is InChI=1S/C23H29N5O3/c29-22-8-4-16-27(22)17-5-14-24-23(25-15-13-19-6-2-1-3-7-19)26-18-20-9-11-21(12-10-20)28(30)31/h1-3,6-7,9-12H,4-5,8,13-18H2,(H2,24,25,26). The molecule has 0 atom stereocenters. The van der Waals surface area contributed by atoms with Crippen LogP contribution in [0.5, 0.6) is 0 Å². The van der Waals surface area contributed by atoms with Crippen molar-refractivity contribution in [3.8, 4) is 0 Å². The molecule has 8 heteroatoms. The average Bonchev–Trinajstić information content (AvgIpc) is 3.20. The van der Waals surface area contributed by atoms with E-state index in [1.165, 1.54) is 17.7 Å². The van der Waals surface area contributed by atoms with Gasteiger partial charge in [-0.25, -0.2) is 4.99 Å². The number of nitrogens with zero attached hydrogens (tertiary/aromatic N) is 3. The number of aliphatic imine (C=N–C) groups is 1. The lowest BCUT2D eigenvalue weighted by atomic mass is 10.1. The first-order valence-electron chi connectivity index (χ1n) is 10.7. The zero-order valence-electron chi connectivity index (χ0n) is 17.6. The normalized spacial score (nSPS) is 14.0. The molecule has 0 spiro atoms. The molecular formula is C23H29N5O3. The van der Waals surface area contributed by atoms with Crippen molar-refractivity contribution in [3.63, 3.8) is 0 Å². The molecule has 1 saturated heterocycles. The van der Waals surface area contributed by atoms with Gasteiger partial charge in [-0.15, -0.1) is 0 Å². The minimum Gasteiger partial charge on any atom is -0.356 e. The summed E-state index contributed by atoms with van der Waals surface area (Å²) in [5, 5.41) is 17.5. The Bertz CT molecular complexity index is 884. The third-order valence-electron chi connectivity index (χ3n) is 5.18. The van der Waals surface area contributed by atoms with Gasteiger partial charge in [-0.05, 0) is 30.4 Å². The Hall–Kier alpha value is -3.42. The molecule has 0 aromatic heterocycles. The van der Waals surface area contributed by atoms with Crippen LogP contribution in [0.25, 0.3) is 0 Å². The summed E-state index contributed by atoms with van der Waals surface area (Å²) in [6.07, 6.45) is 3.34. The molecule has 2 aromatic rings. The van der Waals surface area contributed by atoms with Crippen molar-refractivity contribution in [1.29, 1.82) is 0 Å². The third kappa shape index (κ3) is 7.40. The van der Waals surface area contributed by atoms with Gasteiger partial charge in [0.15, 0.2) is 5.96 Å². The van der Waals surface area contributed by atoms with Gasteiger partial charge in [0.2, 0.25) is 5.91 Å². The molecule has 0 bridgehead atoms. The number of guanidine groups is 1. The van der Waals surface area contributed by atoms with Gasteiger partial charge in [0.05, 0.1) is 11.5 Å². The fourth-order valence-electron chi connectivity index (χ4n) is 3.45. The van der Waals surface area contributed by atoms with Crippen LogP contribution in [-0.2, 0) is 17.8 Å². The Labute approximate surface area is 182 Å². The van der Waals surface area contributed by atoms with Gasteiger partial charge in [-0.2, -0.15) is 0 Å². The van der Waals surface area contributed by atoms with Crippen LogP contribution in [-0.4, -0.2) is 47.9 Å². The van der Waals surface area contributed by atoms with Crippen LogP contribution in [0.3, 0.4) is 0 Å². The lowest BCUT2D eigenvalue weighted by molar-refractivity contribution is -0.384. The Morgan fingerprint density at radius 2 is 1.77 bits per heavy atom. The number of hydrogen-bond donors (Lipinski definition) is 2. The van der Waals surface area contributed by atoms with Gasteiger partial charge < -0.3 is 15.5 Å². The largest absolute Gasteiger partial charge is 0.356 e. The van der Waals surface area contributed by atoms with Gasteiger partial charge in [-0.1, -0.05) is 42.5 Å². The van der Waals surface area contributed by atoms with Crippen molar-refractivity contribution < 1.29 is 9.72 Å². The summed E-state index contributed by atoms with van der Waals surface area (Å²) in [5.74, 6) is 0.940. The van der Waals surface area contributed by atoms with E-state index in [4.69, 9.17) is 0 Å². The number of non-ortho nitro benzene ring substituents is 1. The van der Waals surface area contributed by atoms with E-state index in [-0.39, 0.29) is 11.6 Å². The minimum absolute atomic E-state index is 0.0727. The summed E-state index contributed by atoms with van der Waals surface area (Å²) in [5.41, 5.74) is 2.22. The molecular weight excluding hydrogens is 394 g/mol. The van der Waals surface area contributed by atoms with Crippen molar-refractivity contribution in [2.75, 3.05) is 26.2 Å². The zero-order valence-corrected chi connectivity index (χ0v) is 17.6. The van der Waals surface area contributed by atoms with E-state index >= 15 is 0 Å². The van der Waals surface area contributed by atoms with Crippen LogP contribution in [0.4, 0.5) is 5.69 Å². The first-order chi connectivity index (χ1) is 15.1. The highest BCUT2D eigenvalue weighted by Crippen LogP contribution is 2.12. The Kier molecular flexibility index (Phi) is 8.39. The first kappa shape index (κ1) is 22.3. The molecule has 164 valence electrons. The Balaban J connectivity index is 1.52. The number of rotatable bonds is 10. The molecule has 3 rings (SSSR count). The molecule has 0 radical (unpaired) electrons. The second-order valence-corrected chi connectivity index (χ2v) is 7.52. The summed E-state index contributed by atoms with van der Waals surface area (Å²) in [6, 6.07) is 16.7. The third-order valence-corrected chi connectivity index (χ3v) is 5.18. The molecule has 1 aliphatic heterocycles. The van der Waals surface area contributed by atoms with Crippen LogP contribution >= 0.6 is 0 Å². The van der Waals surface area contributed by atoms with Crippen molar-refractivity contribution in [2.45, 2.75) is 32.2 Å². The topological polar surface area (TPSA) is 99.9 Å². The van der Waals surface area contributed by atoms with E-state index in [0.717, 1.165) is 44.5 Å². The summed E-state index contributed by atoms with van der Waals surface area (Å²) in [7, 11) is 0. The molecule has 1 heterocycles. The molecule has 1 aliphatic rings. The maximum atomic E-state index is 11.7. The number of carbonyl (C=O) groups excluding carboxylic acids is 1. The monoisotopic (exact) mass is 423 g/mol. The van der Waals surface area contributed by atoms with Crippen molar-refractivity contribution in [1.82, 2.24) is 15.5 Å². The molecule has 8 nitrogen and oxygen atoms in total. The quantitative estimate of drug-likeness (QED) is 0.201. The highest BCUT2D eigenvalue weighted by Gasteiger charge is 2.18. The van der Waals surface area contributed by atoms with E-state index in [9.17, 15) is 14.9 Å². The first-order valence-corrected chi connectivity index (χ1v) is 10.7. The maximum Gasteiger partial charge on any atom is 0.269 e. The second-order valence-electron chi connectivity index (χ2n) is 7.52. The van der Waals surface area contributed by atoms with Gasteiger partial charge >= 0.3 is 0 Å². The number of carbonyl (C=O) groups is 1. The lowest BCUT2D eigenvalue weighted by Gasteiger charge is -2.17. The van der Waals surface area contributed by atoms with Crippen LogP contribution in [0.1, 0.15) is 30.4 Å². The van der Waals surface area contributed by atoms with Crippen molar-refractivity contribution in [3.05, 3.63) is 75.8 Å². The average molecular weight is 424 g/mol. The number of nitro groups is 1. The molecule has 2 aromatic carbocycles. The Morgan fingerprint density at radius 1 is 1.03 bits per heavy atom. The molecule has 1 fully saturated rings. The minimum atomic E-state index is -0.406. The van der Waals surface area contributed by atoms with Crippen molar-refractivity contribution in [2.24, 2.45) is 4.99 Å². The number of amides is 1. The maximum absolute atomic E-state index is 11.7. The highest BCUT2D eigenvalue weighted by atomic mass is 16.6. The predicted octanol–water partition coefficient (Wildman–Crippen LogP) is 2.89. The second kappa shape index (κ2) is 11.7. The van der Waals surface area contributed by atoms with E-state index in [1.807, 2.05) is 23.1 Å². The number of benzene rings is 2. The predicted molar refractivity (Wildman–Crippen MR) is 121 cm³/mol. The van der Waals surface area contributed by atoms with Crippen LogP contribution in [0.15, 0.2) is 59.6 Å². The summed E-state index contributed by atoms with van der Waals surface area (Å²) < 4.78 is 0. The van der Waals surface area contributed by atoms with Crippen LogP contribution in [0.2, 0.25) is 0 Å². The van der Waals surface area contributed by atoms with E-state index < -0.39 is 4.92 Å². The van der Waals surface area contributed by atoms with Gasteiger partial charge in [0, 0.05) is 44.7 Å². The number of nitrogens with one attached hydrogen (secondary N) is 2. The number of nitro benzene ring substituents is 1. The summed E-state index contributed by atoms with van der Waals surface area (Å²) in [4.78, 5) is 28.7. The van der Waals surface area contributed by atoms with Gasteiger partial charge in [0.25, 0.3) is 5.69 Å². The summed E-state index contributed by atoms with van der Waals surface area (Å²) >= 11 is 0. The molecule has 2 N–H and O–H groups in total. The number of hydrogen-bond acceptors (Lipinski definition) is 4. The molecule has 0 aliphatic carbocycles. The van der Waals surface area contributed by atoms with Gasteiger partial charge in [0.1, 0.15) is 0 Å². The molecule has 0 unspecified atom stereocenters. The number of likely N-dealkylation sites (tertiary alicyclic amines) is 1. The molecule has 0 saturated carbocycles. The van der Waals surface area contributed by atoms with Crippen LogP contribution < -0.4 is 10.6 Å². The lowest BCUT2D eigenvalue weighted by Crippen LogP contribution is -2.40. The van der Waals surface area contributed by atoms with E-state index in [2.05, 4.69) is 27.8 Å². The smallest absolute Gasteiger partial charge is 0.269 e. The zero-order chi connectivity index (χ0) is 21.9. The van der Waals surface area contributed by atoms with Gasteiger partial charge in [-0.3, -0.25) is 14.9 Å². The fourth-order valence-corrected chi connectivity index (χ4v) is 3.45. The fraction of sp³-hybridized carbons (Fsp3) is 0.391. The molecule has 31 heavy (non-hydrogen) atoms.